The molecule has 1 aliphatic rings. The van der Waals surface area contributed by atoms with E-state index in [9.17, 15) is 32.9 Å². The third-order valence-corrected chi connectivity index (χ3v) is 7.21. The lowest BCUT2D eigenvalue weighted by Crippen LogP contribution is -2.45. The lowest BCUT2D eigenvalue weighted by molar-refractivity contribution is -0.384. The third kappa shape index (κ3) is 4.96. The monoisotopic (exact) mass is 514 g/mol. The van der Waals surface area contributed by atoms with E-state index in [1.165, 1.54) is 64.8 Å². The van der Waals surface area contributed by atoms with Crippen molar-refractivity contribution in [3.05, 3.63) is 86.6 Å². The molecule has 35 heavy (non-hydrogen) atoms. The first-order valence-electron chi connectivity index (χ1n) is 10.1. The van der Waals surface area contributed by atoms with Gasteiger partial charge in [0.05, 0.1) is 28.5 Å². The molecule has 1 atom stereocenters. The first-order valence-corrected chi connectivity index (χ1v) is 12.6. The molecular formula is C22H18N4O7S2. The molecule has 0 bridgehead atoms. The summed E-state index contributed by atoms with van der Waals surface area (Å²) < 4.78 is 23.0. The standard InChI is InChI=1S/C22H18N4O7S2/c23-35(32,33)18-9-7-15(8-10-18)25-20(27)12-19(22(25)29)24(13-17-2-1-11-34-17)21(28)14-3-5-16(6-4-14)26(30)31/h1-11,19H,12-13H2,(H2,23,32,33). The van der Waals surface area contributed by atoms with E-state index in [1.807, 2.05) is 5.38 Å². The zero-order valence-corrected chi connectivity index (χ0v) is 19.6. The summed E-state index contributed by atoms with van der Waals surface area (Å²) in [6.07, 6.45) is -0.278. The van der Waals surface area contributed by atoms with Crippen molar-refractivity contribution >= 4 is 50.5 Å². The molecule has 180 valence electrons. The van der Waals surface area contributed by atoms with Gasteiger partial charge in [-0.1, -0.05) is 6.07 Å². The van der Waals surface area contributed by atoms with Crippen LogP contribution in [0.1, 0.15) is 21.7 Å². The van der Waals surface area contributed by atoms with Crippen LogP contribution in [0.4, 0.5) is 11.4 Å². The number of hydrogen-bond donors (Lipinski definition) is 1. The Morgan fingerprint density at radius 1 is 1.11 bits per heavy atom. The van der Waals surface area contributed by atoms with Crippen LogP contribution < -0.4 is 10.0 Å². The maximum atomic E-state index is 13.4. The molecule has 2 N–H and O–H groups in total. The Kier molecular flexibility index (Phi) is 6.47. The number of rotatable bonds is 7. The summed E-state index contributed by atoms with van der Waals surface area (Å²) in [7, 11) is -3.96. The van der Waals surface area contributed by atoms with Crippen LogP contribution in [0.15, 0.2) is 70.9 Å². The van der Waals surface area contributed by atoms with Crippen molar-refractivity contribution in [1.82, 2.24) is 4.90 Å². The second kappa shape index (κ2) is 9.37. The molecule has 11 nitrogen and oxygen atoms in total. The fourth-order valence-corrected chi connectivity index (χ4v) is 4.92. The highest BCUT2D eigenvalue weighted by Gasteiger charge is 2.44. The minimum Gasteiger partial charge on any atom is -0.321 e. The molecule has 1 saturated heterocycles. The van der Waals surface area contributed by atoms with Gasteiger partial charge in [-0.05, 0) is 47.8 Å². The van der Waals surface area contributed by atoms with E-state index in [1.54, 1.807) is 12.1 Å². The van der Waals surface area contributed by atoms with Crippen molar-refractivity contribution in [2.45, 2.75) is 23.9 Å². The Bertz CT molecular complexity index is 1400. The van der Waals surface area contributed by atoms with Crippen LogP contribution in [0.2, 0.25) is 0 Å². The van der Waals surface area contributed by atoms with Crippen LogP contribution in [0, 0.1) is 10.1 Å². The van der Waals surface area contributed by atoms with Gasteiger partial charge in [-0.15, -0.1) is 11.3 Å². The first-order chi connectivity index (χ1) is 16.6. The minimum absolute atomic E-state index is 0.0510. The number of nitrogens with zero attached hydrogens (tertiary/aromatic N) is 3. The molecule has 3 amide bonds. The number of nitrogens with two attached hydrogens (primary N) is 1. The number of nitro groups is 1. The molecule has 1 aromatic heterocycles. The zero-order valence-electron chi connectivity index (χ0n) is 17.9. The number of benzene rings is 2. The SMILES string of the molecule is NS(=O)(=O)c1ccc(N2C(=O)CC(N(Cc3cccs3)C(=O)c3ccc([N+](=O)[O-])cc3)C2=O)cc1. The number of thiophene rings is 1. The normalized spacial score (nSPS) is 15.9. The molecular weight excluding hydrogens is 496 g/mol. The van der Waals surface area contributed by atoms with Gasteiger partial charge in [-0.25, -0.2) is 18.5 Å². The Morgan fingerprint density at radius 2 is 1.77 bits per heavy atom. The largest absolute Gasteiger partial charge is 0.321 e. The molecule has 3 aromatic rings. The van der Waals surface area contributed by atoms with Gasteiger partial charge in [0.25, 0.3) is 17.5 Å². The van der Waals surface area contributed by atoms with Crippen molar-refractivity contribution in [2.75, 3.05) is 4.90 Å². The van der Waals surface area contributed by atoms with Crippen LogP contribution in [-0.4, -0.2) is 42.0 Å². The predicted molar refractivity (Wildman–Crippen MR) is 126 cm³/mol. The third-order valence-electron chi connectivity index (χ3n) is 5.41. The summed E-state index contributed by atoms with van der Waals surface area (Å²) in [5.74, 6) is -1.77. The average molecular weight is 515 g/mol. The van der Waals surface area contributed by atoms with Gasteiger partial charge in [-0.3, -0.25) is 24.5 Å². The maximum absolute atomic E-state index is 13.4. The Hall–Kier alpha value is -3.94. The Balaban J connectivity index is 1.65. The Labute approximate surface area is 203 Å². The zero-order chi connectivity index (χ0) is 25.3. The van der Waals surface area contributed by atoms with Crippen LogP contribution in [0.3, 0.4) is 0 Å². The highest BCUT2D eigenvalue weighted by atomic mass is 32.2. The van der Waals surface area contributed by atoms with E-state index in [0.29, 0.717) is 0 Å². The van der Waals surface area contributed by atoms with Crippen LogP contribution in [0.25, 0.3) is 0 Å². The lowest BCUT2D eigenvalue weighted by Gasteiger charge is -2.27. The summed E-state index contributed by atoms with van der Waals surface area (Å²) in [5.41, 5.74) is 0.0877. The van der Waals surface area contributed by atoms with Crippen LogP contribution >= 0.6 is 11.3 Å². The van der Waals surface area contributed by atoms with Crippen molar-refractivity contribution in [2.24, 2.45) is 5.14 Å². The van der Waals surface area contributed by atoms with Crippen molar-refractivity contribution in [3.8, 4) is 0 Å². The maximum Gasteiger partial charge on any atom is 0.269 e. The molecule has 2 heterocycles. The van der Waals surface area contributed by atoms with Gasteiger partial charge in [0, 0.05) is 22.6 Å². The molecule has 0 aliphatic carbocycles. The van der Waals surface area contributed by atoms with Gasteiger partial charge in [0.2, 0.25) is 15.9 Å². The first kappa shape index (κ1) is 24.2. The number of primary sulfonamides is 1. The van der Waals surface area contributed by atoms with Crippen LogP contribution in [0.5, 0.6) is 0 Å². The summed E-state index contributed by atoms with van der Waals surface area (Å²) in [6.45, 7) is 0.0510. The number of amides is 3. The van der Waals surface area contributed by atoms with Gasteiger partial charge in [-0.2, -0.15) is 0 Å². The average Bonchev–Trinajstić information content (AvgIpc) is 3.44. The van der Waals surface area contributed by atoms with Gasteiger partial charge in [0.15, 0.2) is 0 Å². The number of anilines is 1. The molecule has 4 rings (SSSR count). The van der Waals surface area contributed by atoms with Crippen molar-refractivity contribution in [3.63, 3.8) is 0 Å². The number of carbonyl (C=O) groups excluding carboxylic acids is 3. The quantitative estimate of drug-likeness (QED) is 0.287. The number of non-ortho nitro benzene ring substituents is 1. The molecule has 1 unspecified atom stereocenters. The van der Waals surface area contributed by atoms with Gasteiger partial charge >= 0.3 is 0 Å². The van der Waals surface area contributed by atoms with Crippen molar-refractivity contribution < 1.29 is 27.7 Å². The summed E-state index contributed by atoms with van der Waals surface area (Å²) in [5, 5.41) is 17.9. The highest BCUT2D eigenvalue weighted by molar-refractivity contribution is 7.89. The van der Waals surface area contributed by atoms with Crippen LogP contribution in [-0.2, 0) is 26.2 Å². The number of nitro benzene ring substituents is 1. The summed E-state index contributed by atoms with van der Waals surface area (Å²) >= 11 is 1.37. The van der Waals surface area contributed by atoms with Gasteiger partial charge in [0.1, 0.15) is 6.04 Å². The number of hydrogen-bond acceptors (Lipinski definition) is 8. The molecule has 2 aromatic carbocycles. The molecule has 1 aliphatic heterocycles. The Morgan fingerprint density at radius 3 is 2.31 bits per heavy atom. The molecule has 1 fully saturated rings. The number of carbonyl (C=O) groups is 3. The molecule has 0 saturated carbocycles. The van der Waals surface area contributed by atoms with Crippen molar-refractivity contribution in [1.29, 1.82) is 0 Å². The predicted octanol–water partition coefficient (Wildman–Crippen LogP) is 2.28. The van der Waals surface area contributed by atoms with Gasteiger partial charge < -0.3 is 4.90 Å². The topological polar surface area (TPSA) is 161 Å². The summed E-state index contributed by atoms with van der Waals surface area (Å²) in [6, 6.07) is 12.4. The van der Waals surface area contributed by atoms with E-state index in [0.717, 1.165) is 9.78 Å². The fourth-order valence-electron chi connectivity index (χ4n) is 3.70. The number of sulfonamides is 1. The fraction of sp³-hybridized carbons (Fsp3) is 0.136. The lowest BCUT2D eigenvalue weighted by atomic mass is 10.1. The van der Waals surface area contributed by atoms with E-state index >= 15 is 0 Å². The summed E-state index contributed by atoms with van der Waals surface area (Å²) in [4.78, 5) is 52.7. The highest BCUT2D eigenvalue weighted by Crippen LogP contribution is 2.29. The smallest absolute Gasteiger partial charge is 0.269 e. The molecule has 0 spiro atoms. The second-order valence-electron chi connectivity index (χ2n) is 7.64. The second-order valence-corrected chi connectivity index (χ2v) is 10.2. The van der Waals surface area contributed by atoms with E-state index in [2.05, 4.69) is 0 Å². The van der Waals surface area contributed by atoms with E-state index < -0.39 is 38.7 Å². The molecule has 0 radical (unpaired) electrons. The van der Waals surface area contributed by atoms with E-state index in [4.69, 9.17) is 5.14 Å². The molecule has 13 heteroatoms. The van der Waals surface area contributed by atoms with E-state index in [-0.39, 0.29) is 34.8 Å². The number of imide groups is 1. The minimum atomic E-state index is -3.96.